The third-order valence-corrected chi connectivity index (χ3v) is 4.90. The SMILES string of the molecule is CCOC(=O)N[C@@H]1c2ccccc2CSc2ccc(C)cc21. The molecule has 0 saturated carbocycles. The van der Waals surface area contributed by atoms with Gasteiger partial charge >= 0.3 is 6.09 Å². The molecule has 114 valence electrons. The molecule has 2 aromatic rings. The van der Waals surface area contributed by atoms with Crippen LogP contribution in [0.1, 0.15) is 35.2 Å². The van der Waals surface area contributed by atoms with Gasteiger partial charge in [-0.1, -0.05) is 42.0 Å². The summed E-state index contributed by atoms with van der Waals surface area (Å²) < 4.78 is 5.09. The van der Waals surface area contributed by atoms with Crippen molar-refractivity contribution in [2.24, 2.45) is 0 Å². The van der Waals surface area contributed by atoms with Gasteiger partial charge in [0.05, 0.1) is 12.6 Å². The molecule has 0 spiro atoms. The van der Waals surface area contributed by atoms with Crippen LogP contribution >= 0.6 is 11.8 Å². The number of hydrogen-bond donors (Lipinski definition) is 1. The molecule has 22 heavy (non-hydrogen) atoms. The lowest BCUT2D eigenvalue weighted by atomic mass is 9.94. The van der Waals surface area contributed by atoms with E-state index in [0.717, 1.165) is 16.9 Å². The first-order valence-electron chi connectivity index (χ1n) is 7.43. The number of amides is 1. The van der Waals surface area contributed by atoms with E-state index in [4.69, 9.17) is 4.74 Å². The fourth-order valence-corrected chi connectivity index (χ4v) is 3.82. The summed E-state index contributed by atoms with van der Waals surface area (Å²) in [5.41, 5.74) is 4.73. The number of benzene rings is 2. The van der Waals surface area contributed by atoms with Crippen LogP contribution in [0.25, 0.3) is 0 Å². The summed E-state index contributed by atoms with van der Waals surface area (Å²) in [7, 11) is 0. The Hall–Kier alpha value is -1.94. The maximum atomic E-state index is 12.0. The van der Waals surface area contributed by atoms with Gasteiger partial charge in [0.1, 0.15) is 0 Å². The van der Waals surface area contributed by atoms with Crippen LogP contribution in [-0.4, -0.2) is 12.7 Å². The van der Waals surface area contributed by atoms with Crippen LogP contribution < -0.4 is 5.32 Å². The number of aryl methyl sites for hydroxylation is 1. The smallest absolute Gasteiger partial charge is 0.407 e. The summed E-state index contributed by atoms with van der Waals surface area (Å²) in [6, 6.07) is 14.5. The maximum Gasteiger partial charge on any atom is 0.407 e. The Morgan fingerprint density at radius 1 is 1.27 bits per heavy atom. The van der Waals surface area contributed by atoms with E-state index in [-0.39, 0.29) is 12.1 Å². The number of hydrogen-bond acceptors (Lipinski definition) is 3. The Balaban J connectivity index is 2.08. The fourth-order valence-electron chi connectivity index (χ4n) is 2.74. The van der Waals surface area contributed by atoms with E-state index in [9.17, 15) is 4.79 Å². The summed E-state index contributed by atoms with van der Waals surface area (Å²) in [6.07, 6.45) is -0.373. The minimum Gasteiger partial charge on any atom is -0.450 e. The van der Waals surface area contributed by atoms with Gasteiger partial charge in [0.2, 0.25) is 0 Å². The molecule has 1 N–H and O–H groups in total. The first-order valence-corrected chi connectivity index (χ1v) is 8.42. The summed E-state index contributed by atoms with van der Waals surface area (Å²) in [4.78, 5) is 13.2. The second-order valence-corrected chi connectivity index (χ2v) is 6.34. The molecule has 0 unspecified atom stereocenters. The first kappa shape index (κ1) is 15.0. The van der Waals surface area contributed by atoms with Crippen molar-refractivity contribution in [2.45, 2.75) is 30.5 Å². The van der Waals surface area contributed by atoms with Gasteiger partial charge in [-0.15, -0.1) is 11.8 Å². The molecule has 0 fully saturated rings. The predicted octanol–water partition coefficient (Wildman–Crippen LogP) is 4.44. The number of nitrogens with one attached hydrogen (secondary N) is 1. The van der Waals surface area contributed by atoms with Gasteiger partial charge in [-0.25, -0.2) is 4.79 Å². The Kier molecular flexibility index (Phi) is 4.39. The third-order valence-electron chi connectivity index (χ3n) is 3.76. The van der Waals surface area contributed by atoms with Crippen LogP contribution in [0.15, 0.2) is 47.4 Å². The van der Waals surface area contributed by atoms with Crippen LogP contribution in [0, 0.1) is 6.92 Å². The lowest BCUT2D eigenvalue weighted by Gasteiger charge is -2.21. The van der Waals surface area contributed by atoms with Crippen molar-refractivity contribution < 1.29 is 9.53 Å². The monoisotopic (exact) mass is 313 g/mol. The fraction of sp³-hybridized carbons (Fsp3) is 0.278. The average molecular weight is 313 g/mol. The van der Waals surface area contributed by atoms with Gasteiger partial charge in [-0.3, -0.25) is 0 Å². The summed E-state index contributed by atoms with van der Waals surface area (Å²) in [5.74, 6) is 0.910. The number of fused-ring (bicyclic) bond motifs is 2. The molecule has 3 nitrogen and oxygen atoms in total. The van der Waals surface area contributed by atoms with Gasteiger partial charge < -0.3 is 10.1 Å². The Labute approximate surface area is 135 Å². The Bertz CT molecular complexity index is 699. The molecule has 3 rings (SSSR count). The van der Waals surface area contributed by atoms with Gasteiger partial charge in [0.15, 0.2) is 0 Å². The van der Waals surface area contributed by atoms with E-state index in [1.807, 2.05) is 30.8 Å². The van der Waals surface area contributed by atoms with Crippen molar-refractivity contribution in [3.8, 4) is 0 Å². The number of thioether (sulfide) groups is 1. The van der Waals surface area contributed by atoms with Gasteiger partial charge in [-0.2, -0.15) is 0 Å². The highest BCUT2D eigenvalue weighted by molar-refractivity contribution is 7.98. The van der Waals surface area contributed by atoms with E-state index < -0.39 is 0 Å². The highest BCUT2D eigenvalue weighted by Crippen LogP contribution is 2.39. The zero-order valence-electron chi connectivity index (χ0n) is 12.8. The van der Waals surface area contributed by atoms with Crippen molar-refractivity contribution in [2.75, 3.05) is 6.61 Å². The summed E-state index contributed by atoms with van der Waals surface area (Å²) in [5, 5.41) is 3.02. The molecule has 1 atom stereocenters. The second kappa shape index (κ2) is 6.44. The zero-order valence-corrected chi connectivity index (χ0v) is 13.6. The summed E-state index contributed by atoms with van der Waals surface area (Å²) in [6.45, 7) is 4.26. The van der Waals surface area contributed by atoms with Gasteiger partial charge in [0, 0.05) is 10.6 Å². The van der Waals surface area contributed by atoms with Crippen molar-refractivity contribution >= 4 is 17.9 Å². The van der Waals surface area contributed by atoms with Crippen LogP contribution in [0.5, 0.6) is 0 Å². The Morgan fingerprint density at radius 2 is 2.09 bits per heavy atom. The molecular formula is C18H19NO2S. The van der Waals surface area contributed by atoms with Gasteiger partial charge in [-0.05, 0) is 36.6 Å². The van der Waals surface area contributed by atoms with E-state index >= 15 is 0 Å². The molecule has 1 aliphatic heterocycles. The lowest BCUT2D eigenvalue weighted by molar-refractivity contribution is 0.149. The molecular weight excluding hydrogens is 294 g/mol. The molecule has 1 aliphatic rings. The number of carbonyl (C=O) groups is 1. The van der Waals surface area contributed by atoms with Crippen molar-refractivity contribution in [1.82, 2.24) is 5.32 Å². The normalized spacial score (nSPS) is 16.2. The molecule has 0 bridgehead atoms. The van der Waals surface area contributed by atoms with E-state index in [2.05, 4.69) is 42.6 Å². The standard InChI is InChI=1S/C18H19NO2S/c1-3-21-18(20)19-17-14-7-5-4-6-13(14)11-22-16-9-8-12(2)10-15(16)17/h4-10,17H,3,11H2,1-2H3,(H,19,20)/t17-/m1/s1. The van der Waals surface area contributed by atoms with Crippen LogP contribution in [-0.2, 0) is 10.5 Å². The quantitative estimate of drug-likeness (QED) is 0.891. The minimum absolute atomic E-state index is 0.167. The molecule has 0 saturated heterocycles. The average Bonchev–Trinajstić information content (AvgIpc) is 2.66. The largest absolute Gasteiger partial charge is 0.450 e. The second-order valence-electron chi connectivity index (χ2n) is 5.33. The highest BCUT2D eigenvalue weighted by atomic mass is 32.2. The van der Waals surface area contributed by atoms with Gasteiger partial charge in [0.25, 0.3) is 0 Å². The molecule has 4 heteroatoms. The topological polar surface area (TPSA) is 38.3 Å². The van der Waals surface area contributed by atoms with E-state index in [1.165, 1.54) is 16.0 Å². The van der Waals surface area contributed by atoms with E-state index in [1.54, 1.807) is 0 Å². The zero-order chi connectivity index (χ0) is 15.5. The van der Waals surface area contributed by atoms with Crippen molar-refractivity contribution in [3.63, 3.8) is 0 Å². The van der Waals surface area contributed by atoms with Crippen LogP contribution in [0.3, 0.4) is 0 Å². The first-order chi connectivity index (χ1) is 10.7. The minimum atomic E-state index is -0.373. The maximum absolute atomic E-state index is 12.0. The summed E-state index contributed by atoms with van der Waals surface area (Å²) >= 11 is 1.81. The number of alkyl carbamates (subject to hydrolysis) is 1. The number of carbonyl (C=O) groups excluding carboxylic acids is 1. The molecule has 1 amide bonds. The number of rotatable bonds is 2. The van der Waals surface area contributed by atoms with Crippen molar-refractivity contribution in [3.05, 3.63) is 64.7 Å². The molecule has 0 aromatic heterocycles. The highest BCUT2D eigenvalue weighted by Gasteiger charge is 2.25. The van der Waals surface area contributed by atoms with Crippen molar-refractivity contribution in [1.29, 1.82) is 0 Å². The third kappa shape index (κ3) is 2.97. The molecule has 0 aliphatic carbocycles. The lowest BCUT2D eigenvalue weighted by Crippen LogP contribution is -2.30. The molecule has 0 radical (unpaired) electrons. The van der Waals surface area contributed by atoms with E-state index in [0.29, 0.717) is 6.61 Å². The Morgan fingerprint density at radius 3 is 2.91 bits per heavy atom. The molecule has 1 heterocycles. The van der Waals surface area contributed by atoms with Crippen LogP contribution in [0.2, 0.25) is 0 Å². The number of ether oxygens (including phenoxy) is 1. The predicted molar refractivity (Wildman–Crippen MR) is 89.2 cm³/mol. The van der Waals surface area contributed by atoms with Crippen LogP contribution in [0.4, 0.5) is 4.79 Å². The molecule has 2 aromatic carbocycles.